The fourth-order valence-electron chi connectivity index (χ4n) is 4.38. The normalized spacial score (nSPS) is 12.0. The molecule has 0 saturated carbocycles. The third-order valence-corrected chi connectivity index (χ3v) is 11.1. The molecule has 0 spiro atoms. The number of methoxy groups -OCH3 is 1. The number of aryl methyl sites for hydroxylation is 3. The van der Waals surface area contributed by atoms with Crippen LogP contribution in [0.4, 0.5) is 0 Å². The first kappa shape index (κ1) is 38.4. The van der Waals surface area contributed by atoms with Crippen LogP contribution in [0.25, 0.3) is 0 Å². The summed E-state index contributed by atoms with van der Waals surface area (Å²) in [7, 11) is -1.73. The van der Waals surface area contributed by atoms with Crippen molar-refractivity contribution in [2.24, 2.45) is 0 Å². The summed E-state index contributed by atoms with van der Waals surface area (Å²) in [6, 6.07) is 11.9. The van der Waals surface area contributed by atoms with E-state index in [1.54, 1.807) is 5.19 Å². The van der Waals surface area contributed by atoms with Crippen LogP contribution in [0.2, 0.25) is 51.4 Å². The van der Waals surface area contributed by atoms with Crippen molar-refractivity contribution >= 4 is 34.6 Å². The van der Waals surface area contributed by atoms with Gasteiger partial charge in [0.15, 0.2) is 0 Å². The molecule has 0 aliphatic carbocycles. The molecule has 0 heterocycles. The van der Waals surface area contributed by atoms with Crippen molar-refractivity contribution in [3.63, 3.8) is 0 Å². The summed E-state index contributed by atoms with van der Waals surface area (Å²) in [5.41, 5.74) is 5.60. The van der Waals surface area contributed by atoms with Crippen molar-refractivity contribution in [3.8, 4) is 5.75 Å². The molecule has 2 aromatic rings. The third kappa shape index (κ3) is 12.9. The molecular formula is C31H57LuOSi3. The number of ether oxygens (including phenoxy) is 1. The van der Waals surface area contributed by atoms with Gasteiger partial charge < -0.3 is 17.8 Å². The maximum atomic E-state index is 6.07. The molecule has 0 saturated heterocycles. The molecule has 0 aromatic heterocycles. The van der Waals surface area contributed by atoms with Crippen molar-refractivity contribution in [2.75, 3.05) is 7.11 Å². The fraction of sp³-hybridized carbons (Fsp3) is 0.581. The smallest absolute Gasteiger partial charge is 0.497 e. The molecule has 1 nitrogen and oxygen atoms in total. The molecule has 5 heteroatoms. The Balaban J connectivity index is 0. The molecular weight excluding hydrogens is 648 g/mol. The Kier molecular flexibility index (Phi) is 16.2. The zero-order valence-corrected chi connectivity index (χ0v) is 31.0. The summed E-state index contributed by atoms with van der Waals surface area (Å²) < 4.78 is 6.07. The van der Waals surface area contributed by atoms with E-state index >= 15 is 0 Å². The van der Waals surface area contributed by atoms with E-state index in [1.807, 2.05) is 7.11 Å². The van der Waals surface area contributed by atoms with E-state index in [2.05, 4.69) is 132 Å². The summed E-state index contributed by atoms with van der Waals surface area (Å²) in [6.07, 6.45) is 0. The van der Waals surface area contributed by atoms with Crippen molar-refractivity contribution in [3.05, 3.63) is 59.6 Å². The molecule has 36 heavy (non-hydrogen) atoms. The van der Waals surface area contributed by atoms with E-state index in [1.165, 1.54) is 39.5 Å². The van der Waals surface area contributed by atoms with Gasteiger partial charge in [-0.2, -0.15) is 16.8 Å². The summed E-state index contributed by atoms with van der Waals surface area (Å²) in [6.45, 7) is 39.4. The predicted octanol–water partition coefficient (Wildman–Crippen LogP) is 8.64. The van der Waals surface area contributed by atoms with Crippen LogP contribution in [0, 0.1) is 70.7 Å². The predicted molar refractivity (Wildman–Crippen MR) is 171 cm³/mol. The van der Waals surface area contributed by atoms with E-state index in [4.69, 9.17) is 4.74 Å². The third-order valence-electron chi connectivity index (χ3n) is 5.72. The Morgan fingerprint density at radius 3 is 1.50 bits per heavy atom. The van der Waals surface area contributed by atoms with Gasteiger partial charge in [0.1, 0.15) is 5.75 Å². The minimum Gasteiger partial charge on any atom is -0.497 e. The summed E-state index contributed by atoms with van der Waals surface area (Å²) in [5, 5.41) is 3.08. The van der Waals surface area contributed by atoms with E-state index in [-0.39, 0.29) is 42.3 Å². The molecule has 0 N–H and O–H groups in total. The van der Waals surface area contributed by atoms with Crippen molar-refractivity contribution in [1.82, 2.24) is 0 Å². The number of hydrogen-bond acceptors (Lipinski definition) is 1. The van der Waals surface area contributed by atoms with E-state index in [0.29, 0.717) is 0 Å². The van der Waals surface area contributed by atoms with Gasteiger partial charge in [-0.25, -0.2) is 11.6 Å². The molecule has 0 aliphatic heterocycles. The average molecular weight is 705 g/mol. The molecule has 0 amide bonds. The van der Waals surface area contributed by atoms with Gasteiger partial charge in [-0.15, -0.1) is 16.1 Å². The molecule has 0 atom stereocenters. The zero-order chi connectivity index (χ0) is 28.0. The fourth-order valence-corrected chi connectivity index (χ4v) is 9.20. The Morgan fingerprint density at radius 1 is 0.806 bits per heavy atom. The Labute approximate surface area is 258 Å². The molecule has 0 bridgehead atoms. The SMILES string of the molecule is CC[Si](CC)(c1cc(C)cc(C(C)(C)C)c1OC)[c-]1cc(C)cc1C.[CH2-][Si](C)(C)C.[CH2-][Si](C)(C)C.[Lu+3]. The summed E-state index contributed by atoms with van der Waals surface area (Å²) in [5.74, 6) is 1.13. The van der Waals surface area contributed by atoms with Crippen LogP contribution in [0.1, 0.15) is 56.9 Å². The largest absolute Gasteiger partial charge is 3.00 e. The Bertz CT molecular complexity index is 897. The minimum atomic E-state index is -1.85. The summed E-state index contributed by atoms with van der Waals surface area (Å²) in [4.78, 5) is 0. The van der Waals surface area contributed by atoms with Gasteiger partial charge in [0.2, 0.25) is 0 Å². The minimum absolute atomic E-state index is 0. The van der Waals surface area contributed by atoms with Gasteiger partial charge in [0, 0.05) is 0 Å². The molecule has 2 rings (SSSR count). The molecule has 214 valence electrons. The van der Waals surface area contributed by atoms with Gasteiger partial charge >= 0.3 is 36.9 Å². The zero-order valence-electron chi connectivity index (χ0n) is 26.3. The standard InChI is InChI=1S/C23H35OSi.2C4H11Si.Lu/c1-10-25(11-2,20-14-16(3)12-18(20)5)21-15-17(4)13-19(22(21)24-9)23(6,7)8;2*1-5(2,3)4;/h12-15H,10-11H2,1-9H3;2*1H2,2-4H3;/q3*-1;+3. The Hall–Kier alpha value is 0.254. The average Bonchev–Trinajstić information content (AvgIpc) is 2.98. The number of hydrogen-bond donors (Lipinski definition) is 0. The molecule has 0 radical (unpaired) electrons. The quantitative estimate of drug-likeness (QED) is 0.224. The van der Waals surface area contributed by atoms with Gasteiger partial charge in [-0.1, -0.05) is 118 Å². The van der Waals surface area contributed by atoms with Crippen LogP contribution in [0.15, 0.2) is 24.3 Å². The van der Waals surface area contributed by atoms with Gasteiger partial charge in [0.25, 0.3) is 0 Å². The second-order valence-electron chi connectivity index (χ2n) is 13.7. The van der Waals surface area contributed by atoms with Crippen LogP contribution in [-0.4, -0.2) is 31.3 Å². The molecule has 0 unspecified atom stereocenters. The molecule has 2 aromatic carbocycles. The number of benzene rings is 1. The molecule has 0 aliphatic rings. The summed E-state index contributed by atoms with van der Waals surface area (Å²) >= 11 is 0. The van der Waals surface area contributed by atoms with Crippen LogP contribution < -0.4 is 15.1 Å². The van der Waals surface area contributed by atoms with Gasteiger partial charge in [-0.05, 0) is 23.1 Å². The maximum absolute atomic E-state index is 6.07. The second-order valence-corrected chi connectivity index (χ2v) is 28.6. The van der Waals surface area contributed by atoms with E-state index < -0.39 is 24.2 Å². The van der Waals surface area contributed by atoms with Crippen LogP contribution in [0.3, 0.4) is 0 Å². The van der Waals surface area contributed by atoms with Crippen molar-refractivity contribution in [2.45, 2.75) is 112 Å². The second kappa shape index (κ2) is 15.1. The Morgan fingerprint density at radius 2 is 1.22 bits per heavy atom. The van der Waals surface area contributed by atoms with Crippen LogP contribution in [-0.2, 0) is 5.41 Å². The first-order chi connectivity index (χ1) is 15.6. The van der Waals surface area contributed by atoms with Crippen LogP contribution >= 0.6 is 0 Å². The molecule has 0 fully saturated rings. The van der Waals surface area contributed by atoms with Gasteiger partial charge in [-0.3, -0.25) is 0 Å². The van der Waals surface area contributed by atoms with Gasteiger partial charge in [0.05, 0.1) is 15.2 Å². The first-order valence-corrected chi connectivity index (χ1v) is 23.1. The topological polar surface area (TPSA) is 9.23 Å². The van der Waals surface area contributed by atoms with E-state index in [9.17, 15) is 0 Å². The monoisotopic (exact) mass is 704 g/mol. The maximum Gasteiger partial charge on any atom is 3.00 e. The first-order valence-electron chi connectivity index (χ1n) is 13.3. The van der Waals surface area contributed by atoms with Crippen molar-refractivity contribution in [1.29, 1.82) is 0 Å². The number of rotatable bonds is 5. The van der Waals surface area contributed by atoms with E-state index in [0.717, 1.165) is 5.75 Å². The van der Waals surface area contributed by atoms with Crippen LogP contribution in [0.5, 0.6) is 5.75 Å². The van der Waals surface area contributed by atoms with Crippen molar-refractivity contribution < 1.29 is 41.6 Å².